The second-order valence-corrected chi connectivity index (χ2v) is 12.6. The molecule has 4 rings (SSSR count). The largest absolute Gasteiger partial charge is 0.204 e. The van der Waals surface area contributed by atoms with Crippen LogP contribution in [-0.4, -0.2) is 8.80 Å². The number of hydrogen-bond donors (Lipinski definition) is 0. The molecule has 0 amide bonds. The lowest BCUT2D eigenvalue weighted by Gasteiger charge is -2.35. The highest BCUT2D eigenvalue weighted by Gasteiger charge is 2.29. The van der Waals surface area contributed by atoms with Crippen LogP contribution in [0.2, 0.25) is 18.1 Å². The van der Waals surface area contributed by atoms with Crippen LogP contribution in [-0.2, 0) is 0 Å². The Morgan fingerprint density at radius 3 is 2.03 bits per heavy atom. The van der Waals surface area contributed by atoms with E-state index in [0.717, 1.165) is 30.4 Å². The van der Waals surface area contributed by atoms with E-state index in [1.54, 1.807) is 12.1 Å². The average Bonchev–Trinajstić information content (AvgIpc) is 2.78. The maximum Gasteiger partial charge on any atom is 0.194 e. The van der Waals surface area contributed by atoms with E-state index >= 15 is 0 Å². The van der Waals surface area contributed by atoms with Crippen molar-refractivity contribution in [3.8, 4) is 11.1 Å². The third-order valence-corrected chi connectivity index (χ3v) is 11.0. The minimum Gasteiger partial charge on any atom is -0.204 e. The molecule has 0 saturated carbocycles. The predicted molar refractivity (Wildman–Crippen MR) is 122 cm³/mol. The summed E-state index contributed by atoms with van der Waals surface area (Å²) < 4.78 is 40.2. The standard InChI is InChI=1S/C26H31F3Si/c1-2-13-30-14-11-22(12-15-30)20-5-3-18(4-6-20)19-7-9-21(10-8-19)23-16-24(27)26(29)25(28)17-23/h3,7-10,16-17,20,22,30H,2,4-6,11-15H2,1H3. The lowest BCUT2D eigenvalue weighted by molar-refractivity contribution is 0.285. The summed E-state index contributed by atoms with van der Waals surface area (Å²) in [5.74, 6) is -1.95. The number of rotatable bonds is 5. The topological polar surface area (TPSA) is 0 Å². The zero-order valence-corrected chi connectivity index (χ0v) is 18.9. The SMILES string of the molecule is CCC[SiH]1CCC(C2CC=C(c3ccc(-c4cc(F)c(F)c(F)c4)cc3)CC2)CC1. The minimum atomic E-state index is -1.42. The summed E-state index contributed by atoms with van der Waals surface area (Å²) in [5, 5.41) is 0. The molecular weight excluding hydrogens is 397 g/mol. The van der Waals surface area contributed by atoms with Crippen LogP contribution in [0.5, 0.6) is 0 Å². The highest BCUT2D eigenvalue weighted by molar-refractivity contribution is 6.58. The molecule has 1 fully saturated rings. The van der Waals surface area contributed by atoms with Gasteiger partial charge < -0.3 is 0 Å². The third kappa shape index (κ3) is 4.74. The van der Waals surface area contributed by atoms with Gasteiger partial charge in [-0.15, -0.1) is 0 Å². The van der Waals surface area contributed by atoms with Gasteiger partial charge in [0.25, 0.3) is 0 Å². The molecule has 1 saturated heterocycles. The quantitative estimate of drug-likeness (QED) is 0.334. The maximum atomic E-state index is 13.5. The minimum absolute atomic E-state index is 0.359. The summed E-state index contributed by atoms with van der Waals surface area (Å²) >= 11 is 0. The van der Waals surface area contributed by atoms with Gasteiger partial charge in [-0.2, -0.15) is 0 Å². The third-order valence-electron chi connectivity index (χ3n) is 7.28. The van der Waals surface area contributed by atoms with E-state index in [4.69, 9.17) is 0 Å². The van der Waals surface area contributed by atoms with Crippen LogP contribution in [0.25, 0.3) is 16.7 Å². The monoisotopic (exact) mass is 428 g/mol. The molecule has 1 aliphatic heterocycles. The molecule has 0 spiro atoms. The van der Waals surface area contributed by atoms with Gasteiger partial charge in [0, 0.05) is 8.80 Å². The van der Waals surface area contributed by atoms with E-state index in [2.05, 4.69) is 13.0 Å². The molecule has 0 aromatic heterocycles. The zero-order valence-electron chi connectivity index (χ0n) is 17.8. The molecule has 1 aliphatic carbocycles. The number of allylic oxidation sites excluding steroid dienone is 2. The van der Waals surface area contributed by atoms with Crippen LogP contribution >= 0.6 is 0 Å². The Balaban J connectivity index is 1.39. The van der Waals surface area contributed by atoms with Gasteiger partial charge in [-0.05, 0) is 65.5 Å². The summed E-state index contributed by atoms with van der Waals surface area (Å²) in [6, 6.07) is 14.5. The molecule has 0 bridgehead atoms. The van der Waals surface area contributed by atoms with Gasteiger partial charge in [0.05, 0.1) is 0 Å². The van der Waals surface area contributed by atoms with Crippen LogP contribution in [0.1, 0.15) is 51.0 Å². The highest BCUT2D eigenvalue weighted by atomic mass is 28.3. The predicted octanol–water partition coefficient (Wildman–Crippen LogP) is 8.00. The van der Waals surface area contributed by atoms with Crippen molar-refractivity contribution in [3.05, 3.63) is 65.5 Å². The summed E-state index contributed by atoms with van der Waals surface area (Å²) in [5.41, 5.74) is 3.61. The zero-order chi connectivity index (χ0) is 21.1. The number of hydrogen-bond acceptors (Lipinski definition) is 0. The van der Waals surface area contributed by atoms with Gasteiger partial charge in [-0.3, -0.25) is 0 Å². The molecule has 1 heterocycles. The molecule has 1 atom stereocenters. The fraction of sp³-hybridized carbons (Fsp3) is 0.462. The van der Waals surface area contributed by atoms with Crippen LogP contribution in [0.3, 0.4) is 0 Å². The van der Waals surface area contributed by atoms with Crippen molar-refractivity contribution in [1.82, 2.24) is 0 Å². The van der Waals surface area contributed by atoms with Gasteiger partial charge in [-0.25, -0.2) is 13.2 Å². The molecule has 30 heavy (non-hydrogen) atoms. The molecule has 2 aliphatic rings. The van der Waals surface area contributed by atoms with Crippen LogP contribution in [0.4, 0.5) is 13.2 Å². The molecule has 0 N–H and O–H groups in total. The van der Waals surface area contributed by atoms with Crippen molar-refractivity contribution in [2.45, 2.75) is 63.6 Å². The smallest absolute Gasteiger partial charge is 0.194 e. The fourth-order valence-electron chi connectivity index (χ4n) is 5.50. The average molecular weight is 429 g/mol. The van der Waals surface area contributed by atoms with E-state index < -0.39 is 26.2 Å². The Bertz CT molecular complexity index is 872. The van der Waals surface area contributed by atoms with Crippen molar-refractivity contribution in [2.75, 3.05) is 0 Å². The second kappa shape index (κ2) is 9.55. The highest BCUT2D eigenvalue weighted by Crippen LogP contribution is 2.41. The Morgan fingerprint density at radius 1 is 0.833 bits per heavy atom. The first-order valence-corrected chi connectivity index (χ1v) is 13.9. The van der Waals surface area contributed by atoms with Crippen LogP contribution < -0.4 is 0 Å². The Labute approximate surface area is 179 Å². The van der Waals surface area contributed by atoms with E-state index in [9.17, 15) is 13.2 Å². The van der Waals surface area contributed by atoms with E-state index in [1.807, 2.05) is 24.3 Å². The van der Waals surface area contributed by atoms with Crippen molar-refractivity contribution in [1.29, 1.82) is 0 Å². The van der Waals surface area contributed by atoms with Crippen molar-refractivity contribution in [2.24, 2.45) is 11.8 Å². The molecule has 0 radical (unpaired) electrons. The number of halogens is 3. The second-order valence-electron chi connectivity index (χ2n) is 9.16. The van der Waals surface area contributed by atoms with Crippen LogP contribution in [0.15, 0.2) is 42.5 Å². The van der Waals surface area contributed by atoms with Crippen molar-refractivity contribution >= 4 is 14.4 Å². The van der Waals surface area contributed by atoms with Crippen molar-refractivity contribution < 1.29 is 13.2 Å². The summed E-state index contributed by atoms with van der Waals surface area (Å²) in [6.45, 7) is 2.33. The van der Waals surface area contributed by atoms with Crippen LogP contribution in [0, 0.1) is 29.3 Å². The summed E-state index contributed by atoms with van der Waals surface area (Å²) in [6.07, 6.45) is 10.3. The molecule has 4 heteroatoms. The maximum absolute atomic E-state index is 13.5. The van der Waals surface area contributed by atoms with Crippen molar-refractivity contribution in [3.63, 3.8) is 0 Å². The lowest BCUT2D eigenvalue weighted by atomic mass is 9.77. The normalized spacial score (nSPS) is 24.5. The van der Waals surface area contributed by atoms with E-state index in [0.29, 0.717) is 11.1 Å². The van der Waals surface area contributed by atoms with Gasteiger partial charge in [0.15, 0.2) is 17.5 Å². The molecule has 2 aromatic rings. The van der Waals surface area contributed by atoms with E-state index in [-0.39, 0.29) is 0 Å². The molecular formula is C26H31F3Si. The Kier molecular flexibility index (Phi) is 6.82. The lowest BCUT2D eigenvalue weighted by Crippen LogP contribution is -2.26. The molecule has 1 unspecified atom stereocenters. The van der Waals surface area contributed by atoms with E-state index in [1.165, 1.54) is 49.3 Å². The molecule has 160 valence electrons. The Morgan fingerprint density at radius 2 is 1.47 bits per heavy atom. The fourth-order valence-corrected chi connectivity index (χ4v) is 8.98. The first-order valence-electron chi connectivity index (χ1n) is 11.5. The first kappa shape index (κ1) is 21.4. The summed E-state index contributed by atoms with van der Waals surface area (Å²) in [4.78, 5) is 0. The first-order chi connectivity index (χ1) is 14.5. The molecule has 0 nitrogen and oxygen atoms in total. The van der Waals surface area contributed by atoms with Gasteiger partial charge in [-0.1, -0.05) is 74.7 Å². The summed E-state index contributed by atoms with van der Waals surface area (Å²) in [7, 11) is -0.404. The van der Waals surface area contributed by atoms with Gasteiger partial charge >= 0.3 is 0 Å². The number of benzene rings is 2. The molecule has 2 aromatic carbocycles. The van der Waals surface area contributed by atoms with Gasteiger partial charge in [0.2, 0.25) is 0 Å². The van der Waals surface area contributed by atoms with Gasteiger partial charge in [0.1, 0.15) is 0 Å². The Hall–Kier alpha value is -1.81.